The van der Waals surface area contributed by atoms with E-state index in [1.807, 2.05) is 0 Å². The molecule has 0 radical (unpaired) electrons. The first-order valence-electron chi connectivity index (χ1n) is 7.46. The van der Waals surface area contributed by atoms with Gasteiger partial charge in [-0.15, -0.1) is 0 Å². The molecular weight excluding hydrogens is 273 g/mol. The van der Waals surface area contributed by atoms with Gasteiger partial charge in [0.1, 0.15) is 11.6 Å². The summed E-state index contributed by atoms with van der Waals surface area (Å²) in [7, 11) is 0. The third kappa shape index (κ3) is 4.70. The predicted octanol–water partition coefficient (Wildman–Crippen LogP) is 2.71. The maximum absolute atomic E-state index is 13.2. The summed E-state index contributed by atoms with van der Waals surface area (Å²) in [5.74, 6) is -0.280. The van der Waals surface area contributed by atoms with Crippen LogP contribution in [0.4, 0.5) is 4.39 Å². The number of amides is 1. The first kappa shape index (κ1) is 15.8. The smallest absolute Gasteiger partial charge is 0.258 e. The normalized spacial score (nSPS) is 17.3. The zero-order valence-corrected chi connectivity index (χ0v) is 12.3. The van der Waals surface area contributed by atoms with Gasteiger partial charge in [0, 0.05) is 11.6 Å². The third-order valence-electron chi connectivity index (χ3n) is 3.75. The fourth-order valence-corrected chi connectivity index (χ4v) is 2.64. The van der Waals surface area contributed by atoms with Crippen LogP contribution in [0, 0.1) is 5.82 Å². The average Bonchev–Trinajstić information content (AvgIpc) is 2.47. The van der Waals surface area contributed by atoms with Gasteiger partial charge in [-0.1, -0.05) is 19.3 Å². The van der Waals surface area contributed by atoms with Crippen molar-refractivity contribution in [2.24, 2.45) is 0 Å². The lowest BCUT2D eigenvalue weighted by atomic mass is 9.95. The van der Waals surface area contributed by atoms with E-state index < -0.39 is 11.9 Å². The van der Waals surface area contributed by atoms with E-state index in [0.717, 1.165) is 25.7 Å². The lowest BCUT2D eigenvalue weighted by Gasteiger charge is -2.23. The molecule has 1 amide bonds. The van der Waals surface area contributed by atoms with Crippen molar-refractivity contribution in [3.63, 3.8) is 0 Å². The minimum absolute atomic E-state index is 0.123. The van der Waals surface area contributed by atoms with Crippen LogP contribution in [-0.2, 0) is 4.79 Å². The van der Waals surface area contributed by atoms with Crippen molar-refractivity contribution in [3.8, 4) is 5.75 Å². The molecular formula is C16H22FNO3. The Balaban J connectivity index is 1.88. The second kappa shape index (κ2) is 7.41. The molecule has 0 aliphatic heterocycles. The van der Waals surface area contributed by atoms with Crippen molar-refractivity contribution < 1.29 is 19.0 Å². The summed E-state index contributed by atoms with van der Waals surface area (Å²) in [5, 5.41) is 12.6. The number of hydrogen-bond donors (Lipinski definition) is 2. The van der Waals surface area contributed by atoms with E-state index in [9.17, 15) is 14.3 Å². The molecule has 1 atom stereocenters. The quantitative estimate of drug-likeness (QED) is 0.878. The number of nitrogens with one attached hydrogen (secondary N) is 1. The third-order valence-corrected chi connectivity index (χ3v) is 3.75. The molecule has 0 spiro atoms. The van der Waals surface area contributed by atoms with E-state index >= 15 is 0 Å². The highest BCUT2D eigenvalue weighted by Gasteiger charge is 2.17. The number of hydrogen-bond acceptors (Lipinski definition) is 3. The molecule has 0 bridgehead atoms. The van der Waals surface area contributed by atoms with Crippen LogP contribution in [0.2, 0.25) is 0 Å². The predicted molar refractivity (Wildman–Crippen MR) is 77.5 cm³/mol. The van der Waals surface area contributed by atoms with Gasteiger partial charge in [-0.05, 0) is 38.0 Å². The van der Waals surface area contributed by atoms with E-state index in [0.29, 0.717) is 11.3 Å². The highest BCUT2D eigenvalue weighted by Crippen LogP contribution is 2.26. The van der Waals surface area contributed by atoms with Crippen molar-refractivity contribution in [2.75, 3.05) is 6.61 Å². The zero-order chi connectivity index (χ0) is 15.2. The number of rotatable bonds is 5. The molecule has 2 N–H and O–H groups in total. The summed E-state index contributed by atoms with van der Waals surface area (Å²) in [6.45, 7) is 1.41. The van der Waals surface area contributed by atoms with Gasteiger partial charge in [0.15, 0.2) is 6.61 Å². The number of aliphatic hydroxyl groups is 1. The van der Waals surface area contributed by atoms with Crippen LogP contribution < -0.4 is 10.1 Å². The Morgan fingerprint density at radius 2 is 2.14 bits per heavy atom. The molecule has 0 unspecified atom stereocenters. The standard InChI is InChI=1S/C16H22FNO3/c1-11(19)14-9-12(17)7-8-15(14)21-10-16(20)18-13-5-3-2-4-6-13/h7-9,11,13,19H,2-6,10H2,1H3,(H,18,20)/t11-/m0/s1. The van der Waals surface area contributed by atoms with E-state index in [2.05, 4.69) is 5.32 Å². The van der Waals surface area contributed by atoms with Crippen molar-refractivity contribution in [3.05, 3.63) is 29.6 Å². The fourth-order valence-electron chi connectivity index (χ4n) is 2.64. The molecule has 1 fully saturated rings. The van der Waals surface area contributed by atoms with Crippen molar-refractivity contribution in [1.82, 2.24) is 5.32 Å². The van der Waals surface area contributed by atoms with Crippen LogP contribution in [-0.4, -0.2) is 23.7 Å². The molecule has 1 aromatic rings. The summed E-state index contributed by atoms with van der Waals surface area (Å²) in [6, 6.07) is 4.14. The molecule has 1 aliphatic carbocycles. The van der Waals surface area contributed by atoms with Crippen LogP contribution in [0.1, 0.15) is 50.7 Å². The topological polar surface area (TPSA) is 58.6 Å². The van der Waals surface area contributed by atoms with Gasteiger partial charge in [0.2, 0.25) is 0 Å². The van der Waals surface area contributed by atoms with E-state index in [1.54, 1.807) is 0 Å². The summed E-state index contributed by atoms with van der Waals surface area (Å²) >= 11 is 0. The molecule has 1 aliphatic rings. The van der Waals surface area contributed by atoms with Crippen molar-refractivity contribution in [1.29, 1.82) is 0 Å². The second-order valence-corrected chi connectivity index (χ2v) is 5.55. The van der Waals surface area contributed by atoms with Gasteiger partial charge in [-0.3, -0.25) is 4.79 Å². The molecule has 4 nitrogen and oxygen atoms in total. The van der Waals surface area contributed by atoms with Crippen LogP contribution in [0.25, 0.3) is 0 Å². The van der Waals surface area contributed by atoms with Crippen LogP contribution >= 0.6 is 0 Å². The highest BCUT2D eigenvalue weighted by molar-refractivity contribution is 5.77. The van der Waals surface area contributed by atoms with Gasteiger partial charge in [0.05, 0.1) is 6.10 Å². The molecule has 1 aromatic carbocycles. The SMILES string of the molecule is C[C@H](O)c1cc(F)ccc1OCC(=O)NC1CCCCC1. The first-order chi connectivity index (χ1) is 10.1. The van der Waals surface area contributed by atoms with E-state index in [4.69, 9.17) is 4.74 Å². The summed E-state index contributed by atoms with van der Waals surface area (Å²) in [5.41, 5.74) is 0.348. The number of benzene rings is 1. The highest BCUT2D eigenvalue weighted by atomic mass is 19.1. The van der Waals surface area contributed by atoms with Gasteiger partial charge in [-0.2, -0.15) is 0 Å². The van der Waals surface area contributed by atoms with Crippen LogP contribution in [0.3, 0.4) is 0 Å². The Hall–Kier alpha value is -1.62. The minimum atomic E-state index is -0.850. The molecule has 2 rings (SSSR count). The average molecular weight is 295 g/mol. The Labute approximate surface area is 124 Å². The molecule has 0 heterocycles. The van der Waals surface area contributed by atoms with Gasteiger partial charge < -0.3 is 15.2 Å². The maximum atomic E-state index is 13.2. The lowest BCUT2D eigenvalue weighted by Crippen LogP contribution is -2.39. The Morgan fingerprint density at radius 1 is 1.43 bits per heavy atom. The Morgan fingerprint density at radius 3 is 2.81 bits per heavy atom. The van der Waals surface area contributed by atoms with E-state index in [1.165, 1.54) is 31.5 Å². The number of carbonyl (C=O) groups is 1. The van der Waals surface area contributed by atoms with Crippen molar-refractivity contribution >= 4 is 5.91 Å². The Bertz CT molecular complexity index is 484. The minimum Gasteiger partial charge on any atom is -0.483 e. The van der Waals surface area contributed by atoms with Crippen LogP contribution in [0.5, 0.6) is 5.75 Å². The van der Waals surface area contributed by atoms with Gasteiger partial charge >= 0.3 is 0 Å². The molecule has 21 heavy (non-hydrogen) atoms. The van der Waals surface area contributed by atoms with Gasteiger partial charge in [0.25, 0.3) is 5.91 Å². The van der Waals surface area contributed by atoms with Crippen LogP contribution in [0.15, 0.2) is 18.2 Å². The number of aliphatic hydroxyl groups excluding tert-OH is 1. The number of carbonyl (C=O) groups excluding carboxylic acids is 1. The second-order valence-electron chi connectivity index (χ2n) is 5.55. The summed E-state index contributed by atoms with van der Waals surface area (Å²) in [4.78, 5) is 11.9. The number of halogens is 1. The molecule has 0 aromatic heterocycles. The van der Waals surface area contributed by atoms with Gasteiger partial charge in [-0.25, -0.2) is 4.39 Å². The molecule has 116 valence electrons. The molecule has 5 heteroatoms. The Kier molecular flexibility index (Phi) is 5.56. The number of ether oxygens (including phenoxy) is 1. The monoisotopic (exact) mass is 295 g/mol. The van der Waals surface area contributed by atoms with E-state index in [-0.39, 0.29) is 18.6 Å². The molecule has 1 saturated carbocycles. The lowest BCUT2D eigenvalue weighted by molar-refractivity contribution is -0.124. The maximum Gasteiger partial charge on any atom is 0.258 e. The summed E-state index contributed by atoms with van der Waals surface area (Å²) in [6.07, 6.45) is 4.71. The summed E-state index contributed by atoms with van der Waals surface area (Å²) < 4.78 is 18.6. The largest absolute Gasteiger partial charge is 0.483 e. The van der Waals surface area contributed by atoms with Crippen molar-refractivity contribution in [2.45, 2.75) is 51.2 Å². The zero-order valence-electron chi connectivity index (χ0n) is 12.3. The first-order valence-corrected chi connectivity index (χ1v) is 7.46. The molecule has 0 saturated heterocycles. The fraction of sp³-hybridized carbons (Fsp3) is 0.562.